The number of piperidine rings is 1. The standard InChI is InChI=1S/C22H20ClF2NO5/c23-17-5-1-15(2-6-17)20(28)26-11-9-16(10-12-26)21(29)30-13-19(27)14-3-7-18(8-4-14)31-22(24)25/h1-8,16,22H,9-13H2. The lowest BCUT2D eigenvalue weighted by molar-refractivity contribution is -0.148. The van der Waals surface area contributed by atoms with Crippen LogP contribution in [0.4, 0.5) is 8.78 Å². The van der Waals surface area contributed by atoms with Gasteiger partial charge >= 0.3 is 12.6 Å². The Hall–Kier alpha value is -3.00. The molecular weight excluding hydrogens is 432 g/mol. The van der Waals surface area contributed by atoms with Crippen molar-refractivity contribution in [3.05, 3.63) is 64.7 Å². The Balaban J connectivity index is 1.45. The number of ketones is 1. The van der Waals surface area contributed by atoms with E-state index in [0.717, 1.165) is 0 Å². The van der Waals surface area contributed by atoms with Crippen LogP contribution in [0.15, 0.2) is 48.5 Å². The molecule has 0 bridgehead atoms. The van der Waals surface area contributed by atoms with Gasteiger partial charge in [-0.05, 0) is 61.4 Å². The van der Waals surface area contributed by atoms with E-state index in [-0.39, 0.29) is 17.2 Å². The highest BCUT2D eigenvalue weighted by atomic mass is 35.5. The molecule has 0 aliphatic carbocycles. The summed E-state index contributed by atoms with van der Waals surface area (Å²) in [5.74, 6) is -1.54. The summed E-state index contributed by atoms with van der Waals surface area (Å²) < 4.78 is 33.7. The molecule has 1 heterocycles. The van der Waals surface area contributed by atoms with Crippen LogP contribution >= 0.6 is 11.6 Å². The van der Waals surface area contributed by atoms with Gasteiger partial charge in [0.2, 0.25) is 0 Å². The van der Waals surface area contributed by atoms with Gasteiger partial charge in [-0.1, -0.05) is 11.6 Å². The van der Waals surface area contributed by atoms with E-state index in [2.05, 4.69) is 4.74 Å². The predicted octanol–water partition coefficient (Wildman–Crippen LogP) is 4.22. The average molecular weight is 452 g/mol. The number of rotatable bonds is 7. The Bertz CT molecular complexity index is 926. The fraction of sp³-hybridized carbons (Fsp3) is 0.318. The van der Waals surface area contributed by atoms with Crippen molar-refractivity contribution < 1.29 is 32.6 Å². The molecule has 31 heavy (non-hydrogen) atoms. The summed E-state index contributed by atoms with van der Waals surface area (Å²) in [4.78, 5) is 38.6. The molecule has 0 aromatic heterocycles. The van der Waals surface area contributed by atoms with Crippen LogP contribution in [0.25, 0.3) is 0 Å². The summed E-state index contributed by atoms with van der Waals surface area (Å²) in [6, 6.07) is 11.8. The van der Waals surface area contributed by atoms with Crippen molar-refractivity contribution in [1.29, 1.82) is 0 Å². The number of ether oxygens (including phenoxy) is 2. The van der Waals surface area contributed by atoms with Crippen molar-refractivity contribution in [3.8, 4) is 5.75 Å². The summed E-state index contributed by atoms with van der Waals surface area (Å²) in [7, 11) is 0. The SMILES string of the molecule is O=C(COC(=O)C1CCN(C(=O)c2ccc(Cl)cc2)CC1)c1ccc(OC(F)F)cc1. The zero-order valence-corrected chi connectivity index (χ0v) is 17.2. The number of halogens is 3. The van der Waals surface area contributed by atoms with Crippen LogP contribution in [0.3, 0.4) is 0 Å². The molecule has 9 heteroatoms. The molecule has 1 saturated heterocycles. The van der Waals surface area contributed by atoms with Gasteiger partial charge in [-0.15, -0.1) is 0 Å². The number of hydrogen-bond acceptors (Lipinski definition) is 5. The van der Waals surface area contributed by atoms with Crippen LogP contribution in [0.2, 0.25) is 5.02 Å². The van der Waals surface area contributed by atoms with Gasteiger partial charge < -0.3 is 14.4 Å². The Labute approximate surface area is 182 Å². The average Bonchev–Trinajstić information content (AvgIpc) is 2.77. The summed E-state index contributed by atoms with van der Waals surface area (Å²) >= 11 is 5.84. The first-order valence-corrected chi connectivity index (χ1v) is 10.0. The van der Waals surface area contributed by atoms with Gasteiger partial charge in [0.15, 0.2) is 12.4 Å². The van der Waals surface area contributed by atoms with Crippen molar-refractivity contribution in [1.82, 2.24) is 4.90 Å². The van der Waals surface area contributed by atoms with Crippen LogP contribution in [0, 0.1) is 5.92 Å². The predicted molar refractivity (Wildman–Crippen MR) is 108 cm³/mol. The van der Waals surface area contributed by atoms with Crippen LogP contribution in [-0.2, 0) is 9.53 Å². The lowest BCUT2D eigenvalue weighted by Crippen LogP contribution is -2.40. The summed E-state index contributed by atoms with van der Waals surface area (Å²) in [5.41, 5.74) is 0.749. The number of nitrogens with zero attached hydrogens (tertiary/aromatic N) is 1. The van der Waals surface area contributed by atoms with Crippen molar-refractivity contribution in [2.75, 3.05) is 19.7 Å². The van der Waals surface area contributed by atoms with Gasteiger partial charge in [-0.2, -0.15) is 8.78 Å². The number of carbonyl (C=O) groups excluding carboxylic acids is 3. The van der Waals surface area contributed by atoms with Crippen LogP contribution in [0.5, 0.6) is 5.75 Å². The third kappa shape index (κ3) is 6.24. The third-order valence-electron chi connectivity index (χ3n) is 4.95. The molecule has 3 rings (SSSR count). The molecule has 1 amide bonds. The number of hydrogen-bond donors (Lipinski definition) is 0. The molecule has 164 valence electrons. The molecule has 1 aliphatic heterocycles. The molecule has 0 N–H and O–H groups in total. The molecule has 2 aromatic carbocycles. The first-order chi connectivity index (χ1) is 14.8. The maximum atomic E-state index is 12.5. The van der Waals surface area contributed by atoms with Gasteiger partial charge in [-0.25, -0.2) is 0 Å². The highest BCUT2D eigenvalue weighted by Gasteiger charge is 2.29. The van der Waals surface area contributed by atoms with Gasteiger partial charge in [0.05, 0.1) is 5.92 Å². The molecule has 6 nitrogen and oxygen atoms in total. The first kappa shape index (κ1) is 22.7. The van der Waals surface area contributed by atoms with Crippen molar-refractivity contribution >= 4 is 29.3 Å². The van der Waals surface area contributed by atoms with Gasteiger partial charge in [0.1, 0.15) is 5.75 Å². The number of Topliss-reactive ketones (excluding diaryl/α,β-unsaturated/α-hetero) is 1. The maximum Gasteiger partial charge on any atom is 0.387 e. The highest BCUT2D eigenvalue weighted by Crippen LogP contribution is 2.21. The normalized spacial score (nSPS) is 14.4. The topological polar surface area (TPSA) is 72.9 Å². The Kier molecular flexibility index (Phi) is 7.57. The van der Waals surface area contributed by atoms with Gasteiger partial charge in [0, 0.05) is 29.2 Å². The molecule has 0 unspecified atom stereocenters. The van der Waals surface area contributed by atoms with E-state index in [9.17, 15) is 23.2 Å². The van der Waals surface area contributed by atoms with Crippen LogP contribution < -0.4 is 4.74 Å². The summed E-state index contributed by atoms with van der Waals surface area (Å²) in [6.45, 7) is -2.59. The molecule has 0 saturated carbocycles. The third-order valence-corrected chi connectivity index (χ3v) is 5.21. The monoisotopic (exact) mass is 451 g/mol. The van der Waals surface area contributed by atoms with E-state index in [1.165, 1.54) is 24.3 Å². The number of benzene rings is 2. The van der Waals surface area contributed by atoms with Crippen molar-refractivity contribution in [2.24, 2.45) is 5.92 Å². The molecule has 0 radical (unpaired) electrons. The van der Waals surface area contributed by atoms with E-state index in [4.69, 9.17) is 16.3 Å². The summed E-state index contributed by atoms with van der Waals surface area (Å²) in [6.07, 6.45) is 0.873. The number of amides is 1. The molecule has 0 atom stereocenters. The lowest BCUT2D eigenvalue weighted by Gasteiger charge is -2.31. The molecule has 2 aromatic rings. The van der Waals surface area contributed by atoms with E-state index in [1.807, 2.05) is 0 Å². The van der Waals surface area contributed by atoms with Gasteiger partial charge in [-0.3, -0.25) is 14.4 Å². The second-order valence-corrected chi connectivity index (χ2v) is 7.44. The molecule has 1 fully saturated rings. The quantitative estimate of drug-likeness (QED) is 0.465. The second kappa shape index (κ2) is 10.3. The van der Waals surface area contributed by atoms with Crippen LogP contribution in [0.1, 0.15) is 33.6 Å². The maximum absolute atomic E-state index is 12.5. The smallest absolute Gasteiger partial charge is 0.387 e. The number of esters is 1. The molecule has 1 aliphatic rings. The fourth-order valence-electron chi connectivity index (χ4n) is 3.25. The number of carbonyl (C=O) groups is 3. The zero-order valence-electron chi connectivity index (χ0n) is 16.4. The number of alkyl halides is 2. The lowest BCUT2D eigenvalue weighted by atomic mass is 9.96. The van der Waals surface area contributed by atoms with Crippen LogP contribution in [-0.4, -0.2) is 48.9 Å². The fourth-order valence-corrected chi connectivity index (χ4v) is 3.38. The van der Waals surface area contributed by atoms with E-state index < -0.39 is 30.9 Å². The Morgan fingerprint density at radius 2 is 1.55 bits per heavy atom. The second-order valence-electron chi connectivity index (χ2n) is 7.01. The molecule has 0 spiro atoms. The largest absolute Gasteiger partial charge is 0.457 e. The van der Waals surface area contributed by atoms with E-state index in [1.54, 1.807) is 29.2 Å². The Morgan fingerprint density at radius 1 is 0.968 bits per heavy atom. The number of likely N-dealkylation sites (tertiary alicyclic amines) is 1. The Morgan fingerprint density at radius 3 is 2.13 bits per heavy atom. The first-order valence-electron chi connectivity index (χ1n) is 9.63. The van der Waals surface area contributed by atoms with Crippen molar-refractivity contribution in [3.63, 3.8) is 0 Å². The van der Waals surface area contributed by atoms with Gasteiger partial charge in [0.25, 0.3) is 5.91 Å². The summed E-state index contributed by atoms with van der Waals surface area (Å²) in [5, 5.41) is 0.546. The minimum absolute atomic E-state index is 0.0662. The highest BCUT2D eigenvalue weighted by molar-refractivity contribution is 6.30. The molecular formula is C22H20ClF2NO5. The zero-order chi connectivity index (χ0) is 22.4. The van der Waals surface area contributed by atoms with E-state index >= 15 is 0 Å². The van der Waals surface area contributed by atoms with Crippen molar-refractivity contribution in [2.45, 2.75) is 19.5 Å². The minimum Gasteiger partial charge on any atom is -0.457 e. The van der Waals surface area contributed by atoms with E-state index in [0.29, 0.717) is 36.5 Å². The minimum atomic E-state index is -2.95.